The highest BCUT2D eigenvalue weighted by Gasteiger charge is 2.53. The Labute approximate surface area is 126 Å². The summed E-state index contributed by atoms with van der Waals surface area (Å²) in [6.45, 7) is 5.24. The molecule has 2 nitrogen and oxygen atoms in total. The van der Waals surface area contributed by atoms with E-state index >= 15 is 0 Å². The lowest BCUT2D eigenvalue weighted by molar-refractivity contribution is 0.0972. The van der Waals surface area contributed by atoms with Gasteiger partial charge in [-0.2, -0.15) is 0 Å². The highest BCUT2D eigenvalue weighted by Crippen LogP contribution is 2.38. The van der Waals surface area contributed by atoms with Crippen molar-refractivity contribution in [3.05, 3.63) is 71.8 Å². The molecule has 1 aliphatic rings. The second kappa shape index (κ2) is 5.82. The smallest absolute Gasteiger partial charge is 0.181 e. The molecule has 0 aromatic heterocycles. The van der Waals surface area contributed by atoms with E-state index in [9.17, 15) is 4.79 Å². The summed E-state index contributed by atoms with van der Waals surface area (Å²) in [7, 11) is 0. The number of carbonyl (C=O) groups excluding carboxylic acids is 1. The standard InChI is InChI=1S/C19H21NO/c1-14(2)17-18(19(21)16-11-7-4-8-12-16)20(17)13-15-9-5-3-6-10-15/h3-12,14,17-18H,13H2,1-2H3/t17-,18-,20?/m0/s1. The van der Waals surface area contributed by atoms with Crippen LogP contribution in [0, 0.1) is 5.92 Å². The third-order valence-corrected chi connectivity index (χ3v) is 4.19. The molecular weight excluding hydrogens is 258 g/mol. The van der Waals surface area contributed by atoms with Gasteiger partial charge >= 0.3 is 0 Å². The molecule has 0 saturated carbocycles. The van der Waals surface area contributed by atoms with E-state index in [1.54, 1.807) is 0 Å². The number of carbonyl (C=O) groups is 1. The number of Topliss-reactive ketones (excluding diaryl/α,β-unsaturated/α-hetero) is 1. The van der Waals surface area contributed by atoms with Gasteiger partial charge in [-0.1, -0.05) is 74.5 Å². The van der Waals surface area contributed by atoms with Gasteiger partial charge in [0.1, 0.15) is 0 Å². The van der Waals surface area contributed by atoms with Crippen molar-refractivity contribution in [2.45, 2.75) is 32.5 Å². The van der Waals surface area contributed by atoms with Crippen molar-refractivity contribution in [1.82, 2.24) is 4.90 Å². The van der Waals surface area contributed by atoms with Crippen molar-refractivity contribution >= 4 is 5.78 Å². The Hall–Kier alpha value is -1.93. The number of benzene rings is 2. The molecule has 0 radical (unpaired) electrons. The third kappa shape index (κ3) is 2.91. The Balaban J connectivity index is 1.77. The van der Waals surface area contributed by atoms with Gasteiger partial charge in [0.05, 0.1) is 6.04 Å². The van der Waals surface area contributed by atoms with Gasteiger partial charge in [-0.05, 0) is 11.5 Å². The summed E-state index contributed by atoms with van der Waals surface area (Å²) < 4.78 is 0. The molecule has 3 atom stereocenters. The van der Waals surface area contributed by atoms with Gasteiger partial charge in [0, 0.05) is 18.2 Å². The topological polar surface area (TPSA) is 20.1 Å². The molecule has 2 aromatic carbocycles. The molecule has 3 rings (SSSR count). The summed E-state index contributed by atoms with van der Waals surface area (Å²) >= 11 is 0. The molecule has 21 heavy (non-hydrogen) atoms. The Morgan fingerprint density at radius 3 is 2.14 bits per heavy atom. The van der Waals surface area contributed by atoms with E-state index in [1.807, 2.05) is 36.4 Å². The number of hydrogen-bond donors (Lipinski definition) is 0. The number of rotatable bonds is 5. The molecule has 0 spiro atoms. The average molecular weight is 279 g/mol. The van der Waals surface area contributed by atoms with Crippen LogP contribution in [0.4, 0.5) is 0 Å². The van der Waals surface area contributed by atoms with Crippen LogP contribution in [0.2, 0.25) is 0 Å². The van der Waals surface area contributed by atoms with E-state index in [4.69, 9.17) is 0 Å². The minimum Gasteiger partial charge on any atom is -0.292 e. The second-order valence-electron chi connectivity index (χ2n) is 6.07. The van der Waals surface area contributed by atoms with Crippen LogP contribution in [-0.2, 0) is 6.54 Å². The quantitative estimate of drug-likeness (QED) is 0.613. The van der Waals surface area contributed by atoms with E-state index in [1.165, 1.54) is 5.56 Å². The van der Waals surface area contributed by atoms with Crippen LogP contribution in [0.3, 0.4) is 0 Å². The summed E-state index contributed by atoms with van der Waals surface area (Å²) in [5, 5.41) is 0. The summed E-state index contributed by atoms with van der Waals surface area (Å²) in [6.07, 6.45) is 0. The van der Waals surface area contributed by atoms with E-state index in [-0.39, 0.29) is 11.8 Å². The van der Waals surface area contributed by atoms with Crippen molar-refractivity contribution in [3.63, 3.8) is 0 Å². The zero-order valence-electron chi connectivity index (χ0n) is 12.6. The van der Waals surface area contributed by atoms with E-state index in [0.29, 0.717) is 12.0 Å². The maximum absolute atomic E-state index is 12.7. The first-order valence-corrected chi connectivity index (χ1v) is 7.57. The molecule has 1 unspecified atom stereocenters. The molecule has 2 aromatic rings. The Morgan fingerprint density at radius 2 is 1.57 bits per heavy atom. The molecule has 1 heterocycles. The van der Waals surface area contributed by atoms with Crippen molar-refractivity contribution in [3.8, 4) is 0 Å². The van der Waals surface area contributed by atoms with Crippen LogP contribution in [0.25, 0.3) is 0 Å². The van der Waals surface area contributed by atoms with Crippen LogP contribution in [0.1, 0.15) is 29.8 Å². The number of nitrogens with zero attached hydrogens (tertiary/aromatic N) is 1. The van der Waals surface area contributed by atoms with Gasteiger partial charge in [-0.15, -0.1) is 0 Å². The van der Waals surface area contributed by atoms with Gasteiger partial charge in [0.2, 0.25) is 0 Å². The van der Waals surface area contributed by atoms with Crippen LogP contribution < -0.4 is 0 Å². The fourth-order valence-corrected chi connectivity index (χ4v) is 3.12. The first kappa shape index (κ1) is 14.0. The van der Waals surface area contributed by atoms with Gasteiger partial charge in [0.15, 0.2) is 5.78 Å². The largest absolute Gasteiger partial charge is 0.292 e. The first-order chi connectivity index (χ1) is 10.2. The fourth-order valence-electron chi connectivity index (χ4n) is 3.12. The first-order valence-electron chi connectivity index (χ1n) is 7.57. The molecule has 1 aliphatic heterocycles. The highest BCUT2D eigenvalue weighted by molar-refractivity contribution is 6.02. The van der Waals surface area contributed by atoms with Crippen LogP contribution >= 0.6 is 0 Å². The zero-order chi connectivity index (χ0) is 14.8. The molecule has 2 heteroatoms. The molecule has 0 amide bonds. The molecule has 1 fully saturated rings. The highest BCUT2D eigenvalue weighted by atomic mass is 16.1. The van der Waals surface area contributed by atoms with E-state index in [0.717, 1.165) is 12.1 Å². The maximum Gasteiger partial charge on any atom is 0.181 e. The van der Waals surface area contributed by atoms with Crippen LogP contribution in [-0.4, -0.2) is 22.8 Å². The fraction of sp³-hybridized carbons (Fsp3) is 0.316. The van der Waals surface area contributed by atoms with Gasteiger partial charge in [-0.3, -0.25) is 9.69 Å². The van der Waals surface area contributed by atoms with Crippen LogP contribution in [0.15, 0.2) is 60.7 Å². The summed E-state index contributed by atoms with van der Waals surface area (Å²) in [6, 6.07) is 20.4. The zero-order valence-corrected chi connectivity index (χ0v) is 12.6. The number of hydrogen-bond acceptors (Lipinski definition) is 2. The summed E-state index contributed by atoms with van der Waals surface area (Å²) in [5.74, 6) is 0.747. The van der Waals surface area contributed by atoms with Crippen molar-refractivity contribution < 1.29 is 4.79 Å². The normalized spacial score (nSPS) is 24.0. The molecule has 0 N–H and O–H groups in total. The Bertz CT molecular complexity index is 606. The molecule has 1 saturated heterocycles. The predicted octanol–water partition coefficient (Wildman–Crippen LogP) is 3.78. The second-order valence-corrected chi connectivity index (χ2v) is 6.07. The lowest BCUT2D eigenvalue weighted by Gasteiger charge is -2.05. The third-order valence-electron chi connectivity index (χ3n) is 4.19. The van der Waals surface area contributed by atoms with Crippen molar-refractivity contribution in [2.75, 3.05) is 0 Å². The maximum atomic E-state index is 12.7. The van der Waals surface area contributed by atoms with Gasteiger partial charge in [0.25, 0.3) is 0 Å². The monoisotopic (exact) mass is 279 g/mol. The average Bonchev–Trinajstić information content (AvgIpc) is 3.22. The molecular formula is C19H21NO. The van der Waals surface area contributed by atoms with Gasteiger partial charge < -0.3 is 0 Å². The van der Waals surface area contributed by atoms with Gasteiger partial charge in [-0.25, -0.2) is 0 Å². The van der Waals surface area contributed by atoms with E-state index in [2.05, 4.69) is 43.0 Å². The predicted molar refractivity (Wildman–Crippen MR) is 85.2 cm³/mol. The lowest BCUT2D eigenvalue weighted by atomic mass is 10.0. The van der Waals surface area contributed by atoms with Crippen molar-refractivity contribution in [2.24, 2.45) is 5.92 Å². The minimum absolute atomic E-state index is 0.0348. The lowest BCUT2D eigenvalue weighted by Crippen LogP contribution is -2.14. The summed E-state index contributed by atoms with van der Waals surface area (Å²) in [4.78, 5) is 15.0. The summed E-state index contributed by atoms with van der Waals surface area (Å²) in [5.41, 5.74) is 2.09. The molecule has 0 bridgehead atoms. The van der Waals surface area contributed by atoms with E-state index < -0.39 is 0 Å². The minimum atomic E-state index is 0.0348. The van der Waals surface area contributed by atoms with Crippen LogP contribution in [0.5, 0.6) is 0 Å². The molecule has 108 valence electrons. The Morgan fingerprint density at radius 1 is 1.00 bits per heavy atom. The van der Waals surface area contributed by atoms with Crippen molar-refractivity contribution in [1.29, 1.82) is 0 Å². The molecule has 0 aliphatic carbocycles. The SMILES string of the molecule is CC(C)[C@H]1[C@@H](C(=O)c2ccccc2)N1Cc1ccccc1. The Kier molecular flexibility index (Phi) is 3.89. The number of ketones is 1.